The van der Waals surface area contributed by atoms with Crippen LogP contribution in [0.25, 0.3) is 0 Å². The van der Waals surface area contributed by atoms with Crippen LogP contribution < -0.4 is 0 Å². The minimum absolute atomic E-state index is 0.260. The van der Waals surface area contributed by atoms with Crippen molar-refractivity contribution < 1.29 is 14.3 Å². The molecule has 2 rings (SSSR count). The van der Waals surface area contributed by atoms with Crippen LogP contribution in [0.2, 0.25) is 0 Å². The lowest BCUT2D eigenvalue weighted by molar-refractivity contribution is 0.00797. The van der Waals surface area contributed by atoms with Crippen LogP contribution in [0.3, 0.4) is 0 Å². The molecule has 0 aliphatic carbocycles. The number of nitriles is 1. The first kappa shape index (κ1) is 17.2. The molecule has 0 bridgehead atoms. The largest absolute Gasteiger partial charge is 0.468 e. The molecule has 1 aromatic heterocycles. The zero-order valence-electron chi connectivity index (χ0n) is 13.1. The second kappa shape index (κ2) is 9.80. The maximum atomic E-state index is 10.1. The van der Waals surface area contributed by atoms with Gasteiger partial charge in [-0.25, -0.2) is 0 Å². The van der Waals surface area contributed by atoms with E-state index in [9.17, 15) is 5.11 Å². The summed E-state index contributed by atoms with van der Waals surface area (Å²) < 4.78 is 10.9. The predicted octanol–water partition coefficient (Wildman–Crippen LogP) is 2.57. The first-order valence-corrected chi connectivity index (χ1v) is 7.69. The number of nitrogens with zero attached hydrogens (tertiary/aromatic N) is 2. The molecule has 1 aromatic carbocycles. The van der Waals surface area contributed by atoms with E-state index in [-0.39, 0.29) is 6.61 Å². The van der Waals surface area contributed by atoms with Gasteiger partial charge in [-0.2, -0.15) is 5.26 Å². The first-order chi connectivity index (χ1) is 11.3. The fourth-order valence-corrected chi connectivity index (χ4v) is 2.30. The Hall–Kier alpha value is -2.13. The van der Waals surface area contributed by atoms with Gasteiger partial charge in [0, 0.05) is 19.5 Å². The molecule has 0 saturated heterocycles. The monoisotopic (exact) mass is 314 g/mol. The van der Waals surface area contributed by atoms with Crippen molar-refractivity contribution >= 4 is 0 Å². The molecule has 2 aromatic rings. The number of hydrogen-bond acceptors (Lipinski definition) is 5. The van der Waals surface area contributed by atoms with Gasteiger partial charge in [0.2, 0.25) is 0 Å². The lowest BCUT2D eigenvalue weighted by atomic mass is 10.2. The summed E-state index contributed by atoms with van der Waals surface area (Å²) in [6.45, 7) is 2.35. The van der Waals surface area contributed by atoms with Gasteiger partial charge in [-0.3, -0.25) is 4.90 Å². The van der Waals surface area contributed by atoms with Crippen molar-refractivity contribution in [2.75, 3.05) is 19.7 Å². The van der Waals surface area contributed by atoms with Gasteiger partial charge < -0.3 is 14.3 Å². The third-order valence-electron chi connectivity index (χ3n) is 3.39. The molecule has 122 valence electrons. The molecule has 1 heterocycles. The SMILES string of the molecule is N#CCCN(Cc1ccco1)CC(O)COCc1ccccc1. The zero-order chi connectivity index (χ0) is 16.3. The maximum Gasteiger partial charge on any atom is 0.117 e. The molecule has 1 atom stereocenters. The van der Waals surface area contributed by atoms with Crippen molar-refractivity contribution in [3.8, 4) is 6.07 Å². The number of aliphatic hydroxyl groups excluding tert-OH is 1. The molecular weight excluding hydrogens is 292 g/mol. The molecule has 0 radical (unpaired) electrons. The Bertz CT molecular complexity index is 578. The van der Waals surface area contributed by atoms with E-state index >= 15 is 0 Å². The molecular formula is C18H22N2O3. The average molecular weight is 314 g/mol. The molecule has 1 unspecified atom stereocenters. The van der Waals surface area contributed by atoms with E-state index in [0.717, 1.165) is 11.3 Å². The van der Waals surface area contributed by atoms with Crippen LogP contribution in [0, 0.1) is 11.3 Å². The summed E-state index contributed by atoms with van der Waals surface area (Å²) >= 11 is 0. The van der Waals surface area contributed by atoms with Crippen molar-refractivity contribution in [1.29, 1.82) is 5.26 Å². The summed E-state index contributed by atoms with van der Waals surface area (Å²) in [6.07, 6.45) is 1.43. The molecule has 0 aliphatic heterocycles. The highest BCUT2D eigenvalue weighted by molar-refractivity contribution is 5.13. The second-order valence-corrected chi connectivity index (χ2v) is 5.38. The Balaban J connectivity index is 1.75. The van der Waals surface area contributed by atoms with Crippen LogP contribution in [0.5, 0.6) is 0 Å². The van der Waals surface area contributed by atoms with Crippen LogP contribution in [0.4, 0.5) is 0 Å². The van der Waals surface area contributed by atoms with Crippen LogP contribution in [-0.4, -0.2) is 35.8 Å². The van der Waals surface area contributed by atoms with Crippen LogP contribution in [-0.2, 0) is 17.9 Å². The molecule has 0 saturated carbocycles. The average Bonchev–Trinajstić information content (AvgIpc) is 3.06. The van der Waals surface area contributed by atoms with Crippen molar-refractivity contribution in [1.82, 2.24) is 4.90 Å². The van der Waals surface area contributed by atoms with Crippen LogP contribution >= 0.6 is 0 Å². The Kier molecular flexibility index (Phi) is 7.34. The van der Waals surface area contributed by atoms with Gasteiger partial charge in [-0.05, 0) is 17.7 Å². The fraction of sp³-hybridized carbons (Fsp3) is 0.389. The van der Waals surface area contributed by atoms with Gasteiger partial charge in [0.05, 0.1) is 38.2 Å². The predicted molar refractivity (Wildman–Crippen MR) is 86.3 cm³/mol. The van der Waals surface area contributed by atoms with Crippen LogP contribution in [0.1, 0.15) is 17.7 Å². The number of ether oxygens (including phenoxy) is 1. The summed E-state index contributed by atoms with van der Waals surface area (Å²) in [5.41, 5.74) is 1.08. The van der Waals surface area contributed by atoms with E-state index in [2.05, 4.69) is 6.07 Å². The van der Waals surface area contributed by atoms with Crippen molar-refractivity contribution in [2.24, 2.45) is 0 Å². The van der Waals surface area contributed by atoms with E-state index in [1.54, 1.807) is 6.26 Å². The molecule has 0 spiro atoms. The van der Waals surface area contributed by atoms with Crippen LogP contribution in [0.15, 0.2) is 53.1 Å². The third-order valence-corrected chi connectivity index (χ3v) is 3.39. The highest BCUT2D eigenvalue weighted by Gasteiger charge is 2.13. The van der Waals surface area contributed by atoms with Gasteiger partial charge in [0.15, 0.2) is 0 Å². The summed E-state index contributed by atoms with van der Waals surface area (Å²) in [4.78, 5) is 2.00. The van der Waals surface area contributed by atoms with E-state index in [0.29, 0.717) is 32.7 Å². The smallest absolute Gasteiger partial charge is 0.117 e. The lowest BCUT2D eigenvalue weighted by Crippen LogP contribution is -2.35. The third kappa shape index (κ3) is 6.66. The minimum atomic E-state index is -0.604. The van der Waals surface area contributed by atoms with E-state index in [1.807, 2.05) is 47.4 Å². The van der Waals surface area contributed by atoms with Gasteiger partial charge in [-0.15, -0.1) is 0 Å². The maximum absolute atomic E-state index is 10.1. The Morgan fingerprint density at radius 1 is 1.22 bits per heavy atom. The van der Waals surface area contributed by atoms with E-state index in [4.69, 9.17) is 14.4 Å². The molecule has 23 heavy (non-hydrogen) atoms. The Morgan fingerprint density at radius 3 is 2.74 bits per heavy atom. The number of furan rings is 1. The first-order valence-electron chi connectivity index (χ1n) is 7.69. The van der Waals surface area contributed by atoms with E-state index in [1.165, 1.54) is 0 Å². The Morgan fingerprint density at radius 2 is 2.04 bits per heavy atom. The molecule has 5 heteroatoms. The van der Waals surface area contributed by atoms with Gasteiger partial charge in [-0.1, -0.05) is 30.3 Å². The highest BCUT2D eigenvalue weighted by atomic mass is 16.5. The van der Waals surface area contributed by atoms with Gasteiger partial charge >= 0.3 is 0 Å². The molecule has 0 amide bonds. The van der Waals surface area contributed by atoms with Gasteiger partial charge in [0.1, 0.15) is 5.76 Å². The fourth-order valence-electron chi connectivity index (χ4n) is 2.30. The topological polar surface area (TPSA) is 69.6 Å². The van der Waals surface area contributed by atoms with Crippen molar-refractivity contribution in [3.05, 3.63) is 60.1 Å². The number of rotatable bonds is 10. The van der Waals surface area contributed by atoms with E-state index < -0.39 is 6.10 Å². The summed E-state index contributed by atoms with van der Waals surface area (Å²) in [6, 6.07) is 15.7. The molecule has 5 nitrogen and oxygen atoms in total. The normalized spacial score (nSPS) is 12.2. The zero-order valence-corrected chi connectivity index (χ0v) is 13.1. The quantitative estimate of drug-likeness (QED) is 0.730. The molecule has 0 aliphatic rings. The second-order valence-electron chi connectivity index (χ2n) is 5.38. The number of aliphatic hydroxyl groups is 1. The highest BCUT2D eigenvalue weighted by Crippen LogP contribution is 2.08. The summed E-state index contributed by atoms with van der Waals surface area (Å²) in [5, 5.41) is 18.9. The lowest BCUT2D eigenvalue weighted by Gasteiger charge is -2.23. The standard InChI is InChI=1S/C18H22N2O3/c19-9-5-10-20(13-18-8-4-11-23-18)12-17(21)15-22-14-16-6-2-1-3-7-16/h1-4,6-8,11,17,21H,5,10,12-15H2. The van der Waals surface area contributed by atoms with Crippen molar-refractivity contribution in [3.63, 3.8) is 0 Å². The van der Waals surface area contributed by atoms with Gasteiger partial charge in [0.25, 0.3) is 0 Å². The molecule has 0 fully saturated rings. The van der Waals surface area contributed by atoms with Crippen molar-refractivity contribution in [2.45, 2.75) is 25.7 Å². The Labute approximate surface area is 136 Å². The number of benzene rings is 1. The minimum Gasteiger partial charge on any atom is -0.468 e. The number of hydrogen-bond donors (Lipinski definition) is 1. The summed E-state index contributed by atoms with van der Waals surface area (Å²) in [5.74, 6) is 0.820. The summed E-state index contributed by atoms with van der Waals surface area (Å²) in [7, 11) is 0. The molecule has 1 N–H and O–H groups in total.